The number of esters is 1. The van der Waals surface area contributed by atoms with Crippen LogP contribution in [-0.2, 0) is 16.1 Å². The second kappa shape index (κ2) is 7.90. The van der Waals surface area contributed by atoms with E-state index < -0.39 is 6.10 Å². The molecular weight excluding hydrogens is 254 g/mol. The fourth-order valence-electron chi connectivity index (χ4n) is 2.21. The SMILES string of the molecule is CCCC(Oc1c(C)cc(CN)cc1C)C(=O)OCC. The number of hydrogen-bond donors (Lipinski definition) is 1. The molecule has 20 heavy (non-hydrogen) atoms. The number of carbonyl (C=O) groups is 1. The minimum atomic E-state index is -0.541. The van der Waals surface area contributed by atoms with E-state index in [1.54, 1.807) is 6.92 Å². The van der Waals surface area contributed by atoms with Gasteiger partial charge in [-0.2, -0.15) is 0 Å². The monoisotopic (exact) mass is 279 g/mol. The fourth-order valence-corrected chi connectivity index (χ4v) is 2.21. The molecule has 0 heterocycles. The van der Waals surface area contributed by atoms with Crippen molar-refractivity contribution >= 4 is 5.97 Å². The van der Waals surface area contributed by atoms with Crippen LogP contribution in [0, 0.1) is 13.8 Å². The van der Waals surface area contributed by atoms with Gasteiger partial charge < -0.3 is 15.2 Å². The summed E-state index contributed by atoms with van der Waals surface area (Å²) in [5.41, 5.74) is 8.72. The summed E-state index contributed by atoms with van der Waals surface area (Å²) in [7, 11) is 0. The molecule has 1 rings (SSSR count). The number of rotatable bonds is 7. The quantitative estimate of drug-likeness (QED) is 0.780. The molecule has 112 valence electrons. The Balaban J connectivity index is 2.96. The van der Waals surface area contributed by atoms with Crippen molar-refractivity contribution in [3.63, 3.8) is 0 Å². The van der Waals surface area contributed by atoms with Crippen LogP contribution in [0.2, 0.25) is 0 Å². The summed E-state index contributed by atoms with van der Waals surface area (Å²) in [5, 5.41) is 0. The van der Waals surface area contributed by atoms with Crippen LogP contribution in [0.4, 0.5) is 0 Å². The van der Waals surface area contributed by atoms with Crippen LogP contribution in [0.3, 0.4) is 0 Å². The molecule has 0 saturated carbocycles. The van der Waals surface area contributed by atoms with Crippen molar-refractivity contribution in [1.29, 1.82) is 0 Å². The molecule has 4 heteroatoms. The third kappa shape index (κ3) is 4.23. The van der Waals surface area contributed by atoms with E-state index >= 15 is 0 Å². The van der Waals surface area contributed by atoms with Crippen molar-refractivity contribution < 1.29 is 14.3 Å². The maximum Gasteiger partial charge on any atom is 0.347 e. The summed E-state index contributed by atoms with van der Waals surface area (Å²) in [6.45, 7) is 8.62. The molecule has 0 radical (unpaired) electrons. The molecule has 0 amide bonds. The van der Waals surface area contributed by atoms with Crippen LogP contribution in [0.5, 0.6) is 5.75 Å². The molecule has 0 fully saturated rings. The molecule has 0 aromatic heterocycles. The van der Waals surface area contributed by atoms with Gasteiger partial charge in [0.15, 0.2) is 6.10 Å². The second-order valence-corrected chi connectivity index (χ2v) is 4.91. The molecule has 0 aliphatic heterocycles. The molecule has 1 unspecified atom stereocenters. The normalized spacial score (nSPS) is 12.1. The van der Waals surface area contributed by atoms with Crippen molar-refractivity contribution in [3.05, 3.63) is 28.8 Å². The largest absolute Gasteiger partial charge is 0.478 e. The lowest BCUT2D eigenvalue weighted by atomic mass is 10.1. The Morgan fingerprint density at radius 1 is 1.25 bits per heavy atom. The predicted octanol–water partition coefficient (Wildman–Crippen LogP) is 2.87. The summed E-state index contributed by atoms with van der Waals surface area (Å²) in [5.74, 6) is 0.463. The van der Waals surface area contributed by atoms with Gasteiger partial charge in [0.25, 0.3) is 0 Å². The van der Waals surface area contributed by atoms with Crippen molar-refractivity contribution in [2.45, 2.75) is 53.2 Å². The van der Waals surface area contributed by atoms with Crippen molar-refractivity contribution in [3.8, 4) is 5.75 Å². The lowest BCUT2D eigenvalue weighted by Gasteiger charge is -2.20. The Labute approximate surface area is 121 Å². The summed E-state index contributed by atoms with van der Waals surface area (Å²) in [6, 6.07) is 3.99. The van der Waals surface area contributed by atoms with E-state index in [1.165, 1.54) is 0 Å². The Morgan fingerprint density at radius 2 is 1.85 bits per heavy atom. The number of aryl methyl sites for hydroxylation is 2. The van der Waals surface area contributed by atoms with Crippen molar-refractivity contribution in [2.75, 3.05) is 6.61 Å². The van der Waals surface area contributed by atoms with E-state index in [4.69, 9.17) is 15.2 Å². The Morgan fingerprint density at radius 3 is 2.30 bits per heavy atom. The van der Waals surface area contributed by atoms with Crippen LogP contribution < -0.4 is 10.5 Å². The minimum Gasteiger partial charge on any atom is -0.478 e. The topological polar surface area (TPSA) is 61.5 Å². The zero-order valence-corrected chi connectivity index (χ0v) is 12.9. The number of ether oxygens (including phenoxy) is 2. The van der Waals surface area contributed by atoms with Crippen molar-refractivity contribution in [1.82, 2.24) is 0 Å². The van der Waals surface area contributed by atoms with E-state index in [2.05, 4.69) is 0 Å². The molecule has 0 bridgehead atoms. The van der Waals surface area contributed by atoms with Gasteiger partial charge in [0.1, 0.15) is 5.75 Å². The predicted molar refractivity (Wildman–Crippen MR) is 79.8 cm³/mol. The lowest BCUT2D eigenvalue weighted by Crippen LogP contribution is -2.29. The van der Waals surface area contributed by atoms with E-state index in [9.17, 15) is 4.79 Å². The fraction of sp³-hybridized carbons (Fsp3) is 0.562. The van der Waals surface area contributed by atoms with Crippen LogP contribution in [-0.4, -0.2) is 18.7 Å². The number of nitrogens with two attached hydrogens (primary N) is 1. The number of benzene rings is 1. The summed E-state index contributed by atoms with van der Waals surface area (Å²) >= 11 is 0. The highest BCUT2D eigenvalue weighted by Gasteiger charge is 2.22. The maximum absolute atomic E-state index is 11.9. The maximum atomic E-state index is 11.9. The van der Waals surface area contributed by atoms with E-state index in [0.29, 0.717) is 19.6 Å². The Kier molecular flexibility index (Phi) is 6.52. The van der Waals surface area contributed by atoms with Crippen LogP contribution in [0.1, 0.15) is 43.4 Å². The zero-order valence-electron chi connectivity index (χ0n) is 12.9. The summed E-state index contributed by atoms with van der Waals surface area (Å²) < 4.78 is 11.0. The first kappa shape index (κ1) is 16.5. The van der Waals surface area contributed by atoms with Gasteiger partial charge >= 0.3 is 5.97 Å². The highest BCUT2D eigenvalue weighted by molar-refractivity contribution is 5.75. The molecule has 0 saturated heterocycles. The van der Waals surface area contributed by atoms with Crippen molar-refractivity contribution in [2.24, 2.45) is 5.73 Å². The minimum absolute atomic E-state index is 0.295. The number of hydrogen-bond acceptors (Lipinski definition) is 4. The molecule has 2 N–H and O–H groups in total. The van der Waals surface area contributed by atoms with Gasteiger partial charge in [-0.25, -0.2) is 4.79 Å². The van der Waals surface area contributed by atoms with Gasteiger partial charge in [0.05, 0.1) is 6.61 Å². The first-order valence-corrected chi connectivity index (χ1v) is 7.16. The molecule has 0 aliphatic rings. The Bertz CT molecular complexity index is 434. The molecule has 1 aromatic rings. The first-order valence-electron chi connectivity index (χ1n) is 7.16. The Hall–Kier alpha value is -1.55. The van der Waals surface area contributed by atoms with E-state index in [-0.39, 0.29) is 5.97 Å². The standard InChI is InChI=1S/C16H25NO3/c1-5-7-14(16(18)19-6-2)20-15-11(3)8-13(10-17)9-12(15)4/h8-9,14H,5-7,10,17H2,1-4H3. The summed E-state index contributed by atoms with van der Waals surface area (Å²) in [6.07, 6.45) is 0.972. The van der Waals surface area contributed by atoms with Gasteiger partial charge in [-0.1, -0.05) is 25.5 Å². The smallest absolute Gasteiger partial charge is 0.347 e. The van der Waals surface area contributed by atoms with Gasteiger partial charge in [0, 0.05) is 6.54 Å². The molecule has 1 atom stereocenters. The molecular formula is C16H25NO3. The third-order valence-corrected chi connectivity index (χ3v) is 3.12. The molecule has 0 aliphatic carbocycles. The van der Waals surface area contributed by atoms with Crippen LogP contribution in [0.15, 0.2) is 12.1 Å². The van der Waals surface area contributed by atoms with Gasteiger partial charge in [-0.15, -0.1) is 0 Å². The first-order chi connectivity index (χ1) is 9.53. The zero-order chi connectivity index (χ0) is 15.1. The van der Waals surface area contributed by atoms with Crippen LogP contribution >= 0.6 is 0 Å². The van der Waals surface area contributed by atoms with Gasteiger partial charge in [-0.3, -0.25) is 0 Å². The number of carbonyl (C=O) groups excluding carboxylic acids is 1. The van der Waals surface area contributed by atoms with Gasteiger partial charge in [0.2, 0.25) is 0 Å². The average molecular weight is 279 g/mol. The average Bonchev–Trinajstić information content (AvgIpc) is 2.41. The van der Waals surface area contributed by atoms with E-state index in [0.717, 1.165) is 28.9 Å². The molecule has 1 aromatic carbocycles. The van der Waals surface area contributed by atoms with E-state index in [1.807, 2.05) is 32.9 Å². The lowest BCUT2D eigenvalue weighted by molar-refractivity contribution is -0.151. The highest BCUT2D eigenvalue weighted by atomic mass is 16.6. The molecule has 0 spiro atoms. The molecule has 4 nitrogen and oxygen atoms in total. The van der Waals surface area contributed by atoms with Gasteiger partial charge in [-0.05, 0) is 43.9 Å². The van der Waals surface area contributed by atoms with Crippen LogP contribution in [0.25, 0.3) is 0 Å². The highest BCUT2D eigenvalue weighted by Crippen LogP contribution is 2.26. The summed E-state index contributed by atoms with van der Waals surface area (Å²) in [4.78, 5) is 11.9. The second-order valence-electron chi connectivity index (χ2n) is 4.91. The third-order valence-electron chi connectivity index (χ3n) is 3.12.